The van der Waals surface area contributed by atoms with E-state index in [1.165, 1.54) is 11.3 Å². The second-order valence-corrected chi connectivity index (χ2v) is 6.08. The molecule has 23 heavy (non-hydrogen) atoms. The van der Waals surface area contributed by atoms with Crippen LogP contribution < -0.4 is 5.32 Å². The van der Waals surface area contributed by atoms with Gasteiger partial charge in [-0.25, -0.2) is 4.98 Å². The summed E-state index contributed by atoms with van der Waals surface area (Å²) < 4.78 is 1.93. The molecule has 1 aliphatic heterocycles. The van der Waals surface area contributed by atoms with Crippen molar-refractivity contribution in [1.82, 2.24) is 14.9 Å². The fourth-order valence-corrected chi connectivity index (χ4v) is 3.66. The Labute approximate surface area is 144 Å². The molecular formula is C18H31N3OS. The first-order valence-electron chi connectivity index (χ1n) is 8.69. The van der Waals surface area contributed by atoms with Crippen molar-refractivity contribution in [1.29, 1.82) is 0 Å². The van der Waals surface area contributed by atoms with Gasteiger partial charge in [0.15, 0.2) is 5.72 Å². The Morgan fingerprint density at radius 1 is 1.26 bits per heavy atom. The van der Waals surface area contributed by atoms with Gasteiger partial charge in [-0.1, -0.05) is 27.7 Å². The third-order valence-corrected chi connectivity index (χ3v) is 4.78. The van der Waals surface area contributed by atoms with Crippen molar-refractivity contribution < 1.29 is 5.11 Å². The van der Waals surface area contributed by atoms with Crippen molar-refractivity contribution in [3.63, 3.8) is 0 Å². The summed E-state index contributed by atoms with van der Waals surface area (Å²) in [4.78, 5) is 4.38. The molecule has 5 heteroatoms. The van der Waals surface area contributed by atoms with E-state index >= 15 is 0 Å². The Morgan fingerprint density at radius 2 is 1.91 bits per heavy atom. The van der Waals surface area contributed by atoms with Gasteiger partial charge in [0, 0.05) is 29.9 Å². The van der Waals surface area contributed by atoms with Gasteiger partial charge in [-0.15, -0.1) is 11.3 Å². The largest absolute Gasteiger partial charge is 0.364 e. The molecular weight excluding hydrogens is 306 g/mol. The maximum absolute atomic E-state index is 11.4. The van der Waals surface area contributed by atoms with Crippen LogP contribution in [0.2, 0.25) is 0 Å². The summed E-state index contributed by atoms with van der Waals surface area (Å²) in [6.45, 7) is 12.0. The molecule has 2 N–H and O–H groups in total. The highest BCUT2D eigenvalue weighted by molar-refractivity contribution is 7.09. The lowest BCUT2D eigenvalue weighted by Crippen LogP contribution is -2.46. The number of nitrogens with one attached hydrogen (secondary N) is 1. The van der Waals surface area contributed by atoms with Crippen LogP contribution in [0.5, 0.6) is 0 Å². The van der Waals surface area contributed by atoms with Crippen LogP contribution in [0, 0.1) is 12.8 Å². The van der Waals surface area contributed by atoms with Crippen molar-refractivity contribution >= 4 is 11.3 Å². The molecule has 1 saturated heterocycles. The summed E-state index contributed by atoms with van der Waals surface area (Å²) in [5.41, 5.74) is 0.147. The van der Waals surface area contributed by atoms with E-state index in [2.05, 4.69) is 10.3 Å². The van der Waals surface area contributed by atoms with Gasteiger partial charge in [0.25, 0.3) is 0 Å². The topological polar surface area (TPSA) is 50.1 Å². The summed E-state index contributed by atoms with van der Waals surface area (Å²) in [5.74, 6) is 0.201. The van der Waals surface area contributed by atoms with Crippen LogP contribution in [0.3, 0.4) is 0 Å². The molecule has 1 unspecified atom stereocenters. The van der Waals surface area contributed by atoms with Gasteiger partial charge in [-0.3, -0.25) is 0 Å². The lowest BCUT2D eigenvalue weighted by Gasteiger charge is -2.38. The van der Waals surface area contributed by atoms with Crippen LogP contribution >= 0.6 is 11.3 Å². The van der Waals surface area contributed by atoms with Crippen LogP contribution in [-0.4, -0.2) is 27.7 Å². The molecule has 0 spiro atoms. The van der Waals surface area contributed by atoms with E-state index in [0.29, 0.717) is 0 Å². The van der Waals surface area contributed by atoms with E-state index in [1.807, 2.05) is 63.0 Å². The zero-order chi connectivity index (χ0) is 17.3. The van der Waals surface area contributed by atoms with Gasteiger partial charge in [-0.2, -0.15) is 0 Å². The van der Waals surface area contributed by atoms with E-state index < -0.39 is 5.72 Å². The first kappa shape index (κ1) is 19.9. The summed E-state index contributed by atoms with van der Waals surface area (Å²) in [7, 11) is 0. The SMILES string of the molecule is CC.CC.Cc1ccn(C(O)(c2nccs2)C2CCNCC2)c1. The maximum atomic E-state index is 11.4. The molecule has 1 atom stereocenters. The third-order valence-electron chi connectivity index (χ3n) is 3.89. The summed E-state index contributed by atoms with van der Waals surface area (Å²) >= 11 is 1.53. The Kier molecular flexibility index (Phi) is 8.52. The summed E-state index contributed by atoms with van der Waals surface area (Å²) in [6, 6.07) is 2.03. The zero-order valence-electron chi connectivity index (χ0n) is 15.0. The number of piperidine rings is 1. The van der Waals surface area contributed by atoms with E-state index in [9.17, 15) is 5.11 Å². The van der Waals surface area contributed by atoms with Gasteiger partial charge in [0.2, 0.25) is 0 Å². The molecule has 130 valence electrons. The smallest absolute Gasteiger partial charge is 0.197 e. The quantitative estimate of drug-likeness (QED) is 0.890. The maximum Gasteiger partial charge on any atom is 0.197 e. The van der Waals surface area contributed by atoms with Gasteiger partial charge < -0.3 is 15.0 Å². The zero-order valence-corrected chi connectivity index (χ0v) is 15.9. The van der Waals surface area contributed by atoms with Crippen LogP contribution in [0.25, 0.3) is 0 Å². The number of aliphatic hydroxyl groups is 1. The van der Waals surface area contributed by atoms with Gasteiger partial charge in [0.05, 0.1) is 0 Å². The summed E-state index contributed by atoms with van der Waals surface area (Å²) in [5, 5.41) is 17.4. The van der Waals surface area contributed by atoms with Gasteiger partial charge in [0.1, 0.15) is 5.01 Å². The molecule has 1 fully saturated rings. The first-order chi connectivity index (χ1) is 11.2. The van der Waals surface area contributed by atoms with E-state index in [-0.39, 0.29) is 5.92 Å². The highest BCUT2D eigenvalue weighted by Gasteiger charge is 2.42. The van der Waals surface area contributed by atoms with E-state index in [0.717, 1.165) is 36.5 Å². The molecule has 2 aromatic rings. The minimum atomic E-state index is -1.01. The minimum absolute atomic E-state index is 0.201. The number of nitrogens with zero attached hydrogens (tertiary/aromatic N) is 2. The van der Waals surface area contributed by atoms with E-state index in [4.69, 9.17) is 0 Å². The Bertz CT molecular complexity index is 532. The predicted molar refractivity (Wildman–Crippen MR) is 98.9 cm³/mol. The molecule has 3 rings (SSSR count). The lowest BCUT2D eigenvalue weighted by atomic mass is 9.87. The van der Waals surface area contributed by atoms with Gasteiger partial charge in [-0.05, 0) is 44.5 Å². The van der Waals surface area contributed by atoms with Crippen LogP contribution in [0.15, 0.2) is 30.0 Å². The number of hydrogen-bond donors (Lipinski definition) is 2. The average molecular weight is 338 g/mol. The first-order valence-corrected chi connectivity index (χ1v) is 9.57. The second kappa shape index (κ2) is 9.85. The number of hydrogen-bond acceptors (Lipinski definition) is 4. The summed E-state index contributed by atoms with van der Waals surface area (Å²) in [6.07, 6.45) is 7.66. The Hall–Kier alpha value is -1.17. The van der Waals surface area contributed by atoms with Crippen molar-refractivity contribution in [2.24, 2.45) is 5.92 Å². The lowest BCUT2D eigenvalue weighted by molar-refractivity contribution is -0.0629. The molecule has 0 saturated carbocycles. The highest BCUT2D eigenvalue weighted by Crippen LogP contribution is 2.38. The number of rotatable bonds is 3. The highest BCUT2D eigenvalue weighted by atomic mass is 32.1. The van der Waals surface area contributed by atoms with Crippen molar-refractivity contribution in [3.05, 3.63) is 40.6 Å². The fourth-order valence-electron chi connectivity index (χ4n) is 2.84. The molecule has 2 aromatic heterocycles. The minimum Gasteiger partial charge on any atom is -0.364 e. The number of thiazole rings is 1. The average Bonchev–Trinajstić information content (AvgIpc) is 3.31. The van der Waals surface area contributed by atoms with Crippen molar-refractivity contribution in [3.8, 4) is 0 Å². The monoisotopic (exact) mass is 337 g/mol. The van der Waals surface area contributed by atoms with E-state index in [1.54, 1.807) is 6.20 Å². The Morgan fingerprint density at radius 3 is 2.39 bits per heavy atom. The molecule has 1 aliphatic rings. The molecule has 0 radical (unpaired) electrons. The fraction of sp³-hybridized carbons (Fsp3) is 0.611. The second-order valence-electron chi connectivity index (χ2n) is 5.18. The normalized spacial score (nSPS) is 17.3. The number of aromatic nitrogens is 2. The molecule has 0 amide bonds. The molecule has 0 aromatic carbocycles. The van der Waals surface area contributed by atoms with Gasteiger partial charge >= 0.3 is 0 Å². The van der Waals surface area contributed by atoms with Crippen LogP contribution in [0.4, 0.5) is 0 Å². The molecule has 0 bridgehead atoms. The van der Waals surface area contributed by atoms with Crippen molar-refractivity contribution in [2.75, 3.05) is 13.1 Å². The van der Waals surface area contributed by atoms with Crippen molar-refractivity contribution in [2.45, 2.75) is 53.2 Å². The van der Waals surface area contributed by atoms with Crippen LogP contribution in [-0.2, 0) is 5.72 Å². The third kappa shape index (κ3) is 4.43. The molecule has 0 aliphatic carbocycles. The Balaban J connectivity index is 0.000000615. The predicted octanol–water partition coefficient (Wildman–Crippen LogP) is 4.00. The molecule has 3 heterocycles. The number of aryl methyl sites for hydroxylation is 1. The molecule has 4 nitrogen and oxygen atoms in total. The van der Waals surface area contributed by atoms with Crippen LogP contribution in [0.1, 0.15) is 51.1 Å². The standard InChI is InChI=1S/C14H19N3OS.2C2H6/c1-11-4-8-17(10-11)14(18,13-16-7-9-19-13)12-2-5-15-6-3-12;2*1-2/h4,7-10,12,15,18H,2-3,5-6H2,1H3;2*1-2H3.